The van der Waals surface area contributed by atoms with Gasteiger partial charge in [0.2, 0.25) is 0 Å². The minimum atomic E-state index is 0.623. The summed E-state index contributed by atoms with van der Waals surface area (Å²) in [6.45, 7) is 0. The molecule has 0 N–H and O–H groups in total. The van der Waals surface area contributed by atoms with Gasteiger partial charge in [-0.3, -0.25) is 0 Å². The molecule has 0 radical (unpaired) electrons. The van der Waals surface area contributed by atoms with Crippen LogP contribution in [0, 0.1) is 17.8 Å². The van der Waals surface area contributed by atoms with Crippen molar-refractivity contribution in [1.82, 2.24) is 0 Å². The van der Waals surface area contributed by atoms with Gasteiger partial charge in [-0.05, 0) is 18.9 Å². The molecule has 15 heavy (non-hydrogen) atoms. The molecule has 1 saturated carbocycles. The molecule has 2 nitrogen and oxygen atoms in total. The number of oxime groups is 1. The highest BCUT2D eigenvalue weighted by atomic mass is 16.6. The first-order chi connectivity index (χ1) is 7.40. The first-order valence-corrected chi connectivity index (χ1v) is 5.07. The van der Waals surface area contributed by atoms with Gasteiger partial charge in [0.15, 0.2) is 0 Å². The first-order valence-electron chi connectivity index (χ1n) is 5.07. The van der Waals surface area contributed by atoms with Crippen molar-refractivity contribution in [1.29, 1.82) is 0 Å². The van der Waals surface area contributed by atoms with Crippen LogP contribution in [-0.4, -0.2) is 13.3 Å². The Morgan fingerprint density at radius 3 is 2.93 bits per heavy atom. The molecule has 0 atom stereocenters. The quantitative estimate of drug-likeness (QED) is 0.407. The summed E-state index contributed by atoms with van der Waals surface area (Å²) >= 11 is 0. The molecular formula is C13H13NO. The van der Waals surface area contributed by atoms with Crippen LogP contribution < -0.4 is 0 Å². The van der Waals surface area contributed by atoms with Gasteiger partial charge < -0.3 is 4.84 Å². The average molecular weight is 199 g/mol. The van der Waals surface area contributed by atoms with Crippen molar-refractivity contribution in [2.75, 3.05) is 7.11 Å². The molecular weight excluding hydrogens is 186 g/mol. The maximum atomic E-state index is 4.66. The summed E-state index contributed by atoms with van der Waals surface area (Å²) in [6.07, 6.45) is 4.19. The molecule has 0 heterocycles. The minimum absolute atomic E-state index is 0.623. The number of hydrogen-bond donors (Lipinski definition) is 0. The molecule has 0 spiro atoms. The van der Waals surface area contributed by atoms with E-state index in [0.717, 1.165) is 11.1 Å². The van der Waals surface area contributed by atoms with E-state index in [4.69, 9.17) is 0 Å². The fourth-order valence-corrected chi connectivity index (χ4v) is 1.24. The average Bonchev–Trinajstić information content (AvgIpc) is 3.08. The van der Waals surface area contributed by atoms with E-state index in [0.29, 0.717) is 5.92 Å². The number of hydrogen-bond acceptors (Lipinski definition) is 2. The van der Waals surface area contributed by atoms with Crippen LogP contribution in [0.1, 0.15) is 24.0 Å². The molecule has 0 aromatic heterocycles. The van der Waals surface area contributed by atoms with Gasteiger partial charge >= 0.3 is 0 Å². The summed E-state index contributed by atoms with van der Waals surface area (Å²) in [5.41, 5.74) is 2.03. The van der Waals surface area contributed by atoms with Crippen LogP contribution in [0.5, 0.6) is 0 Å². The van der Waals surface area contributed by atoms with Gasteiger partial charge in [0.1, 0.15) is 7.11 Å². The van der Waals surface area contributed by atoms with Crippen molar-refractivity contribution in [3.05, 3.63) is 35.4 Å². The molecule has 0 unspecified atom stereocenters. The third-order valence-corrected chi connectivity index (χ3v) is 2.25. The number of benzene rings is 1. The maximum Gasteiger partial charge on any atom is 0.106 e. The monoisotopic (exact) mass is 199 g/mol. The lowest BCUT2D eigenvalue weighted by Gasteiger charge is -1.96. The Kier molecular flexibility index (Phi) is 3.04. The molecule has 0 saturated heterocycles. The first kappa shape index (κ1) is 9.79. The molecule has 1 fully saturated rings. The van der Waals surface area contributed by atoms with E-state index in [9.17, 15) is 0 Å². The highest BCUT2D eigenvalue weighted by Crippen LogP contribution is 2.27. The van der Waals surface area contributed by atoms with Crippen molar-refractivity contribution < 1.29 is 4.84 Å². The predicted octanol–water partition coefficient (Wildman–Crippen LogP) is 2.43. The zero-order chi connectivity index (χ0) is 10.5. The third-order valence-electron chi connectivity index (χ3n) is 2.25. The Balaban J connectivity index is 2.21. The maximum absolute atomic E-state index is 4.66. The lowest BCUT2D eigenvalue weighted by atomic mass is 10.1. The molecule has 1 aromatic carbocycles. The lowest BCUT2D eigenvalue weighted by molar-refractivity contribution is 0.215. The number of nitrogens with zero attached hydrogens (tertiary/aromatic N) is 1. The van der Waals surface area contributed by atoms with Crippen molar-refractivity contribution in [3.8, 4) is 11.8 Å². The molecule has 76 valence electrons. The van der Waals surface area contributed by atoms with Gasteiger partial charge in [0.05, 0.1) is 6.21 Å². The molecule has 2 heteroatoms. The SMILES string of the molecule is CO/N=C/c1ccccc1C#CC1CC1. The van der Waals surface area contributed by atoms with E-state index in [1.54, 1.807) is 6.21 Å². The van der Waals surface area contributed by atoms with Crippen molar-refractivity contribution in [2.24, 2.45) is 11.1 Å². The normalized spacial score (nSPS) is 14.7. The Morgan fingerprint density at radius 1 is 1.40 bits per heavy atom. The van der Waals surface area contributed by atoms with E-state index in [2.05, 4.69) is 21.8 Å². The second kappa shape index (κ2) is 4.65. The van der Waals surface area contributed by atoms with Crippen molar-refractivity contribution in [2.45, 2.75) is 12.8 Å². The zero-order valence-electron chi connectivity index (χ0n) is 8.73. The summed E-state index contributed by atoms with van der Waals surface area (Å²) in [5.74, 6) is 7.05. The van der Waals surface area contributed by atoms with E-state index in [-0.39, 0.29) is 0 Å². The second-order valence-electron chi connectivity index (χ2n) is 3.55. The number of rotatable bonds is 2. The zero-order valence-corrected chi connectivity index (χ0v) is 8.73. The summed E-state index contributed by atoms with van der Waals surface area (Å²) in [5, 5.41) is 3.75. The predicted molar refractivity (Wildman–Crippen MR) is 60.6 cm³/mol. The molecule has 0 amide bonds. The topological polar surface area (TPSA) is 21.6 Å². The summed E-state index contributed by atoms with van der Waals surface area (Å²) in [6, 6.07) is 7.95. The van der Waals surface area contributed by atoms with E-state index < -0.39 is 0 Å². The van der Waals surface area contributed by atoms with Gasteiger partial charge in [-0.25, -0.2) is 0 Å². The van der Waals surface area contributed by atoms with E-state index >= 15 is 0 Å². The third kappa shape index (κ3) is 2.85. The van der Waals surface area contributed by atoms with E-state index in [1.165, 1.54) is 20.0 Å². The van der Waals surface area contributed by atoms with Gasteiger partial charge in [-0.1, -0.05) is 35.2 Å². The van der Waals surface area contributed by atoms with Crippen LogP contribution in [0.2, 0.25) is 0 Å². The fourth-order valence-electron chi connectivity index (χ4n) is 1.24. The largest absolute Gasteiger partial charge is 0.399 e. The van der Waals surface area contributed by atoms with Crippen LogP contribution in [0.4, 0.5) is 0 Å². The molecule has 1 aliphatic carbocycles. The van der Waals surface area contributed by atoms with Crippen LogP contribution in [-0.2, 0) is 4.84 Å². The van der Waals surface area contributed by atoms with Crippen LogP contribution in [0.3, 0.4) is 0 Å². The molecule has 1 aliphatic rings. The lowest BCUT2D eigenvalue weighted by Crippen LogP contribution is -1.87. The Morgan fingerprint density at radius 2 is 2.20 bits per heavy atom. The van der Waals surface area contributed by atoms with Gasteiger partial charge in [0, 0.05) is 17.0 Å². The highest BCUT2D eigenvalue weighted by molar-refractivity contribution is 5.83. The second-order valence-corrected chi connectivity index (χ2v) is 3.55. The highest BCUT2D eigenvalue weighted by Gasteiger charge is 2.17. The Labute approximate surface area is 89.9 Å². The minimum Gasteiger partial charge on any atom is -0.399 e. The van der Waals surface area contributed by atoms with Gasteiger partial charge in [0.25, 0.3) is 0 Å². The Bertz CT molecular complexity index is 422. The van der Waals surface area contributed by atoms with Gasteiger partial charge in [-0.2, -0.15) is 0 Å². The summed E-state index contributed by atoms with van der Waals surface area (Å²) in [4.78, 5) is 4.66. The van der Waals surface area contributed by atoms with E-state index in [1.807, 2.05) is 24.3 Å². The van der Waals surface area contributed by atoms with Crippen molar-refractivity contribution in [3.63, 3.8) is 0 Å². The van der Waals surface area contributed by atoms with Crippen molar-refractivity contribution >= 4 is 6.21 Å². The molecule has 1 aromatic rings. The fraction of sp³-hybridized carbons (Fsp3) is 0.308. The van der Waals surface area contributed by atoms with Crippen LogP contribution >= 0.6 is 0 Å². The van der Waals surface area contributed by atoms with Crippen LogP contribution in [0.25, 0.3) is 0 Å². The molecule has 0 bridgehead atoms. The standard InChI is InChI=1S/C13H13NO/c1-15-14-10-13-5-3-2-4-12(13)9-8-11-6-7-11/h2-5,10-11H,6-7H2,1H3/b14-10+. The summed E-state index contributed by atoms with van der Waals surface area (Å²) in [7, 11) is 1.54. The molecule has 2 rings (SSSR count). The van der Waals surface area contributed by atoms with Gasteiger partial charge in [-0.15, -0.1) is 0 Å². The van der Waals surface area contributed by atoms with Crippen LogP contribution in [0.15, 0.2) is 29.4 Å². The Hall–Kier alpha value is -1.75. The molecule has 0 aliphatic heterocycles. The summed E-state index contributed by atoms with van der Waals surface area (Å²) < 4.78 is 0. The smallest absolute Gasteiger partial charge is 0.106 e.